The molecule has 4 nitrogen and oxygen atoms in total. The van der Waals surface area contributed by atoms with Crippen molar-refractivity contribution in [2.75, 3.05) is 12.8 Å². The van der Waals surface area contributed by atoms with Crippen molar-refractivity contribution in [3.63, 3.8) is 0 Å². The summed E-state index contributed by atoms with van der Waals surface area (Å²) in [4.78, 5) is 27.9. The number of amides is 2. The van der Waals surface area contributed by atoms with Crippen LogP contribution in [0.4, 0.5) is 0 Å². The van der Waals surface area contributed by atoms with Crippen LogP contribution < -0.4 is 5.32 Å². The molecule has 7 heteroatoms. The number of nitrogens with zero attached hydrogens (tertiary/aromatic N) is 1. The number of halogens is 2. The summed E-state index contributed by atoms with van der Waals surface area (Å²) in [5.41, 5.74) is 3.00. The Hall–Kier alpha value is -2.47. The van der Waals surface area contributed by atoms with Crippen molar-refractivity contribution in [2.24, 2.45) is 0 Å². The van der Waals surface area contributed by atoms with E-state index in [1.165, 1.54) is 11.8 Å². The Bertz CT molecular complexity index is 1040. The quantitative estimate of drug-likeness (QED) is 0.393. The fourth-order valence-electron chi connectivity index (χ4n) is 3.43. The van der Waals surface area contributed by atoms with Gasteiger partial charge in [0.05, 0.1) is 5.75 Å². The number of hydrogen-bond donors (Lipinski definition) is 1. The average molecular weight is 501 g/mol. The summed E-state index contributed by atoms with van der Waals surface area (Å²) >= 11 is 13.5. The molecule has 0 saturated carbocycles. The van der Waals surface area contributed by atoms with E-state index in [1.807, 2.05) is 66.7 Å². The van der Waals surface area contributed by atoms with Crippen molar-refractivity contribution in [3.05, 3.63) is 106 Å². The predicted molar refractivity (Wildman–Crippen MR) is 138 cm³/mol. The summed E-state index contributed by atoms with van der Waals surface area (Å²) in [6.07, 6.45) is 0.432. The minimum atomic E-state index is -0.628. The van der Waals surface area contributed by atoms with Crippen LogP contribution in [-0.2, 0) is 28.3 Å². The molecule has 0 bridgehead atoms. The molecule has 0 aromatic heterocycles. The monoisotopic (exact) mass is 500 g/mol. The zero-order valence-electron chi connectivity index (χ0n) is 18.3. The highest BCUT2D eigenvalue weighted by Crippen LogP contribution is 2.20. The van der Waals surface area contributed by atoms with Crippen LogP contribution in [-0.4, -0.2) is 35.6 Å². The largest absolute Gasteiger partial charge is 0.357 e. The minimum Gasteiger partial charge on any atom is -0.357 e. The third-order valence-electron chi connectivity index (χ3n) is 5.19. The highest BCUT2D eigenvalue weighted by Gasteiger charge is 2.29. The Morgan fingerprint density at radius 3 is 2.00 bits per heavy atom. The lowest BCUT2D eigenvalue weighted by atomic mass is 10.0. The summed E-state index contributed by atoms with van der Waals surface area (Å²) < 4.78 is 0. The molecule has 3 aromatic carbocycles. The first-order valence-electron chi connectivity index (χ1n) is 10.6. The molecule has 1 atom stereocenters. The molecule has 0 saturated heterocycles. The SMILES string of the molecule is CNC(=O)C(Cc1ccccc1)N(Cc1ccc(Cl)cc1)C(=O)CSCc1ccc(Cl)cc1. The zero-order chi connectivity index (χ0) is 23.6. The van der Waals surface area contributed by atoms with Gasteiger partial charge in [-0.1, -0.05) is 77.8 Å². The van der Waals surface area contributed by atoms with Crippen molar-refractivity contribution in [1.82, 2.24) is 10.2 Å². The van der Waals surface area contributed by atoms with E-state index in [1.54, 1.807) is 24.1 Å². The van der Waals surface area contributed by atoms with Crippen LogP contribution in [0.25, 0.3) is 0 Å². The molecular formula is C26H26Cl2N2O2S. The van der Waals surface area contributed by atoms with Crippen LogP contribution in [0.1, 0.15) is 16.7 Å². The van der Waals surface area contributed by atoms with E-state index < -0.39 is 6.04 Å². The van der Waals surface area contributed by atoms with E-state index in [2.05, 4.69) is 5.32 Å². The maximum absolute atomic E-state index is 13.4. The lowest BCUT2D eigenvalue weighted by molar-refractivity contribution is -0.139. The second kappa shape index (κ2) is 12.7. The topological polar surface area (TPSA) is 49.4 Å². The number of carbonyl (C=O) groups is 2. The lowest BCUT2D eigenvalue weighted by Crippen LogP contribution is -2.50. The summed E-state index contributed by atoms with van der Waals surface area (Å²) in [5.74, 6) is 0.664. The molecule has 0 heterocycles. The van der Waals surface area contributed by atoms with Crippen molar-refractivity contribution >= 4 is 46.8 Å². The number of thioether (sulfide) groups is 1. The Balaban J connectivity index is 1.79. The maximum atomic E-state index is 13.4. The molecule has 172 valence electrons. The first kappa shape index (κ1) is 25.2. The van der Waals surface area contributed by atoms with Gasteiger partial charge in [-0.05, 0) is 41.0 Å². The second-order valence-corrected chi connectivity index (χ2v) is 9.45. The minimum absolute atomic E-state index is 0.0894. The number of likely N-dealkylation sites (N-methyl/N-ethyl adjacent to an activating group) is 1. The molecule has 1 N–H and O–H groups in total. The van der Waals surface area contributed by atoms with E-state index in [4.69, 9.17) is 23.2 Å². The predicted octanol–water partition coefficient (Wildman–Crippen LogP) is 5.61. The van der Waals surface area contributed by atoms with Gasteiger partial charge in [0.2, 0.25) is 11.8 Å². The number of hydrogen-bond acceptors (Lipinski definition) is 3. The second-order valence-electron chi connectivity index (χ2n) is 7.59. The molecule has 0 aliphatic carbocycles. The fourth-order valence-corrected chi connectivity index (χ4v) is 4.55. The molecule has 2 amide bonds. The molecule has 3 rings (SSSR count). The third-order valence-corrected chi connectivity index (χ3v) is 6.68. The van der Waals surface area contributed by atoms with E-state index in [-0.39, 0.29) is 17.6 Å². The molecule has 0 aliphatic heterocycles. The highest BCUT2D eigenvalue weighted by molar-refractivity contribution is 7.99. The number of rotatable bonds is 10. The Morgan fingerprint density at radius 2 is 1.42 bits per heavy atom. The first-order valence-corrected chi connectivity index (χ1v) is 12.5. The lowest BCUT2D eigenvalue weighted by Gasteiger charge is -2.31. The van der Waals surface area contributed by atoms with Gasteiger partial charge < -0.3 is 10.2 Å². The van der Waals surface area contributed by atoms with Crippen LogP contribution in [0.3, 0.4) is 0 Å². The summed E-state index contributed by atoms with van der Waals surface area (Å²) in [7, 11) is 1.60. The zero-order valence-corrected chi connectivity index (χ0v) is 20.7. The molecule has 1 unspecified atom stereocenters. The smallest absolute Gasteiger partial charge is 0.242 e. The van der Waals surface area contributed by atoms with Crippen LogP contribution in [0.15, 0.2) is 78.9 Å². The van der Waals surface area contributed by atoms with Crippen molar-refractivity contribution in [1.29, 1.82) is 0 Å². The van der Waals surface area contributed by atoms with Crippen molar-refractivity contribution in [2.45, 2.75) is 24.8 Å². The van der Waals surface area contributed by atoms with E-state index in [0.717, 1.165) is 16.7 Å². The standard InChI is InChI=1S/C26H26Cl2N2O2S/c1-29-26(32)24(15-19-5-3-2-4-6-19)30(16-20-7-11-22(27)12-8-20)25(31)18-33-17-21-9-13-23(28)14-10-21/h2-14,24H,15-18H2,1H3,(H,29,32). The van der Waals surface area contributed by atoms with Crippen LogP contribution in [0.2, 0.25) is 10.0 Å². The van der Waals surface area contributed by atoms with Gasteiger partial charge >= 0.3 is 0 Å². The number of benzene rings is 3. The maximum Gasteiger partial charge on any atom is 0.242 e. The van der Waals surface area contributed by atoms with Gasteiger partial charge in [0.25, 0.3) is 0 Å². The van der Waals surface area contributed by atoms with Gasteiger partial charge in [0.1, 0.15) is 6.04 Å². The molecule has 0 spiro atoms. The first-order chi connectivity index (χ1) is 16.0. The van der Waals surface area contributed by atoms with Crippen molar-refractivity contribution in [3.8, 4) is 0 Å². The highest BCUT2D eigenvalue weighted by atomic mass is 35.5. The molecule has 0 radical (unpaired) electrons. The van der Waals surface area contributed by atoms with E-state index >= 15 is 0 Å². The third kappa shape index (κ3) is 7.81. The molecular weight excluding hydrogens is 475 g/mol. The van der Waals surface area contributed by atoms with Crippen LogP contribution >= 0.6 is 35.0 Å². The van der Waals surface area contributed by atoms with Gasteiger partial charge in [0.15, 0.2) is 0 Å². The van der Waals surface area contributed by atoms with Crippen LogP contribution in [0, 0.1) is 0 Å². The summed E-state index contributed by atoms with van der Waals surface area (Å²) in [6, 6.07) is 24.0. The Morgan fingerprint density at radius 1 is 0.848 bits per heavy atom. The average Bonchev–Trinajstić information content (AvgIpc) is 2.83. The Labute approximate surface area is 209 Å². The van der Waals surface area contributed by atoms with Gasteiger partial charge in [-0.15, -0.1) is 11.8 Å². The van der Waals surface area contributed by atoms with Gasteiger partial charge in [-0.3, -0.25) is 9.59 Å². The number of carbonyl (C=O) groups excluding carboxylic acids is 2. The Kier molecular flexibility index (Phi) is 9.67. The molecule has 0 aliphatic rings. The molecule has 0 fully saturated rings. The van der Waals surface area contributed by atoms with Gasteiger partial charge in [-0.2, -0.15) is 0 Å². The normalized spacial score (nSPS) is 11.6. The van der Waals surface area contributed by atoms with E-state index in [0.29, 0.717) is 28.8 Å². The van der Waals surface area contributed by atoms with Crippen LogP contribution in [0.5, 0.6) is 0 Å². The molecule has 3 aromatic rings. The van der Waals surface area contributed by atoms with Gasteiger partial charge in [-0.25, -0.2) is 0 Å². The summed E-state index contributed by atoms with van der Waals surface area (Å²) in [6.45, 7) is 0.322. The number of nitrogens with one attached hydrogen (secondary N) is 1. The fraction of sp³-hybridized carbons (Fsp3) is 0.231. The summed E-state index contributed by atoms with van der Waals surface area (Å²) in [5, 5.41) is 4.04. The van der Waals surface area contributed by atoms with Crippen molar-refractivity contribution < 1.29 is 9.59 Å². The van der Waals surface area contributed by atoms with E-state index in [9.17, 15) is 9.59 Å². The van der Waals surface area contributed by atoms with Gasteiger partial charge in [0, 0.05) is 35.8 Å². The molecule has 33 heavy (non-hydrogen) atoms.